The van der Waals surface area contributed by atoms with Gasteiger partial charge in [0.05, 0.1) is 5.56 Å². The minimum atomic E-state index is -0.850. The lowest BCUT2D eigenvalue weighted by molar-refractivity contribution is 0.619. The second-order valence-electron chi connectivity index (χ2n) is 6.18. The Balaban J connectivity index is 0.000000240. The third kappa shape index (κ3) is 5.90. The monoisotopic (exact) mass is 345 g/mol. The van der Waals surface area contributed by atoms with Crippen LogP contribution in [0.5, 0.6) is 0 Å². The lowest BCUT2D eigenvalue weighted by Gasteiger charge is -2.04. The zero-order chi connectivity index (χ0) is 18.3. The van der Waals surface area contributed by atoms with E-state index in [1.165, 1.54) is 17.7 Å². The number of nitrogens with zero attached hydrogens (tertiary/aromatic N) is 1. The van der Waals surface area contributed by atoms with Gasteiger partial charge in [-0.3, -0.25) is 4.21 Å². The largest absolute Gasteiger partial charge is 0.255 e. The molecule has 0 aliphatic rings. The zero-order valence-electron chi connectivity index (χ0n) is 14.8. The summed E-state index contributed by atoms with van der Waals surface area (Å²) in [5.41, 5.74) is 2.33. The SMILES string of the molecule is CC(C)c1ccc(C#N)c(F)c1.CC(C)c1ccc(S(C)=O)cc1. The van der Waals surface area contributed by atoms with Crippen LogP contribution in [0.25, 0.3) is 0 Å². The Morgan fingerprint density at radius 1 is 0.958 bits per heavy atom. The zero-order valence-corrected chi connectivity index (χ0v) is 15.7. The van der Waals surface area contributed by atoms with Gasteiger partial charge in [-0.05, 0) is 47.2 Å². The Morgan fingerprint density at radius 3 is 1.83 bits per heavy atom. The van der Waals surface area contributed by atoms with Crippen LogP contribution in [-0.4, -0.2) is 10.5 Å². The summed E-state index contributed by atoms with van der Waals surface area (Å²) in [6.45, 7) is 8.28. The summed E-state index contributed by atoms with van der Waals surface area (Å²) < 4.78 is 24.0. The first-order valence-electron chi connectivity index (χ1n) is 7.89. The van der Waals surface area contributed by atoms with Crippen molar-refractivity contribution in [2.45, 2.75) is 44.4 Å². The molecule has 0 saturated carbocycles. The molecule has 0 N–H and O–H groups in total. The molecule has 2 rings (SSSR count). The number of rotatable bonds is 3. The second kappa shape index (κ2) is 9.34. The molecule has 1 atom stereocenters. The predicted octanol–water partition coefficient (Wildman–Crippen LogP) is 5.37. The van der Waals surface area contributed by atoms with Gasteiger partial charge in [0, 0.05) is 22.0 Å². The van der Waals surface area contributed by atoms with Crippen LogP contribution >= 0.6 is 0 Å². The summed E-state index contributed by atoms with van der Waals surface area (Å²) in [5.74, 6) is 0.417. The molecule has 0 spiro atoms. The average molecular weight is 345 g/mol. The van der Waals surface area contributed by atoms with Crippen LogP contribution in [0.1, 0.15) is 56.2 Å². The van der Waals surface area contributed by atoms with E-state index in [0.29, 0.717) is 11.8 Å². The van der Waals surface area contributed by atoms with Gasteiger partial charge in [-0.2, -0.15) is 5.26 Å². The summed E-state index contributed by atoms with van der Waals surface area (Å²) >= 11 is 0. The minimum absolute atomic E-state index is 0.111. The fourth-order valence-corrected chi connectivity index (χ4v) is 2.54. The molecule has 2 aromatic carbocycles. The van der Waals surface area contributed by atoms with Crippen molar-refractivity contribution in [2.75, 3.05) is 6.26 Å². The highest BCUT2D eigenvalue weighted by molar-refractivity contribution is 7.84. The van der Waals surface area contributed by atoms with Crippen LogP contribution in [0.15, 0.2) is 47.4 Å². The van der Waals surface area contributed by atoms with Gasteiger partial charge in [0.15, 0.2) is 0 Å². The second-order valence-corrected chi connectivity index (χ2v) is 7.56. The first-order chi connectivity index (χ1) is 11.3. The molecule has 1 unspecified atom stereocenters. The first kappa shape index (κ1) is 20.1. The molecule has 0 saturated heterocycles. The fourth-order valence-electron chi connectivity index (χ4n) is 2.03. The van der Waals surface area contributed by atoms with Crippen molar-refractivity contribution < 1.29 is 8.60 Å². The molecule has 128 valence electrons. The topological polar surface area (TPSA) is 40.9 Å². The summed E-state index contributed by atoms with van der Waals surface area (Å²) in [6.07, 6.45) is 1.70. The maximum Gasteiger partial charge on any atom is 0.141 e. The number of hydrogen-bond donors (Lipinski definition) is 0. The summed E-state index contributed by atoms with van der Waals surface area (Å²) in [5, 5.41) is 8.46. The molecular formula is C20H24FNOS. The number of nitriles is 1. The van der Waals surface area contributed by atoms with Crippen LogP contribution in [-0.2, 0) is 10.8 Å². The first-order valence-corrected chi connectivity index (χ1v) is 9.45. The minimum Gasteiger partial charge on any atom is -0.255 e. The van der Waals surface area contributed by atoms with Crippen molar-refractivity contribution >= 4 is 10.8 Å². The van der Waals surface area contributed by atoms with E-state index in [0.717, 1.165) is 10.5 Å². The molecule has 0 amide bonds. The molecule has 0 fully saturated rings. The molecule has 4 heteroatoms. The van der Waals surface area contributed by atoms with E-state index in [9.17, 15) is 8.60 Å². The van der Waals surface area contributed by atoms with Crippen LogP contribution in [0.4, 0.5) is 4.39 Å². The van der Waals surface area contributed by atoms with Crippen molar-refractivity contribution in [3.05, 3.63) is 65.0 Å². The quantitative estimate of drug-likeness (QED) is 0.750. The van der Waals surface area contributed by atoms with Gasteiger partial charge < -0.3 is 0 Å². The number of halogens is 1. The van der Waals surface area contributed by atoms with Gasteiger partial charge in [0.25, 0.3) is 0 Å². The maximum absolute atomic E-state index is 13.0. The van der Waals surface area contributed by atoms with Crippen molar-refractivity contribution in [2.24, 2.45) is 0 Å². The third-order valence-electron chi connectivity index (χ3n) is 3.66. The number of benzene rings is 2. The Labute approximate surface area is 146 Å². The third-order valence-corrected chi connectivity index (χ3v) is 4.59. The standard InChI is InChI=1S/C10H10FN.C10H14OS/c1-7(2)8-3-4-9(6-12)10(11)5-8;1-8(2)9-4-6-10(7-5-9)12(3)11/h3-5,7H,1-2H3;4-8H,1-3H3. The Kier molecular flexibility index (Phi) is 7.81. The van der Waals surface area contributed by atoms with Crippen molar-refractivity contribution in [1.82, 2.24) is 0 Å². The maximum atomic E-state index is 13.0. The van der Waals surface area contributed by atoms with Crippen LogP contribution in [0, 0.1) is 17.1 Å². The smallest absolute Gasteiger partial charge is 0.141 e. The van der Waals surface area contributed by atoms with Gasteiger partial charge >= 0.3 is 0 Å². The lowest BCUT2D eigenvalue weighted by atomic mass is 10.0. The molecule has 0 aliphatic carbocycles. The number of hydrogen-bond acceptors (Lipinski definition) is 2. The Bertz CT molecular complexity index is 730. The van der Waals surface area contributed by atoms with Crippen LogP contribution in [0.3, 0.4) is 0 Å². The van der Waals surface area contributed by atoms with E-state index in [1.807, 2.05) is 38.1 Å². The summed E-state index contributed by atoms with van der Waals surface area (Å²) in [4.78, 5) is 0.902. The van der Waals surface area contributed by atoms with E-state index >= 15 is 0 Å². The van der Waals surface area contributed by atoms with E-state index < -0.39 is 16.6 Å². The van der Waals surface area contributed by atoms with Gasteiger partial charge in [-0.25, -0.2) is 4.39 Å². The molecule has 0 aliphatic heterocycles. The van der Waals surface area contributed by atoms with Gasteiger partial charge in [0.1, 0.15) is 11.9 Å². The van der Waals surface area contributed by atoms with Crippen LogP contribution < -0.4 is 0 Å². The molecule has 0 aromatic heterocycles. The van der Waals surface area contributed by atoms with E-state index in [-0.39, 0.29) is 5.56 Å². The Morgan fingerprint density at radius 2 is 1.46 bits per heavy atom. The lowest BCUT2D eigenvalue weighted by Crippen LogP contribution is -1.90. The molecular weight excluding hydrogens is 321 g/mol. The van der Waals surface area contributed by atoms with Gasteiger partial charge in [0.2, 0.25) is 0 Å². The molecule has 0 heterocycles. The highest BCUT2D eigenvalue weighted by Crippen LogP contribution is 2.17. The highest BCUT2D eigenvalue weighted by atomic mass is 32.2. The molecule has 0 radical (unpaired) electrons. The van der Waals surface area contributed by atoms with E-state index in [2.05, 4.69) is 13.8 Å². The van der Waals surface area contributed by atoms with E-state index in [1.54, 1.807) is 18.4 Å². The highest BCUT2D eigenvalue weighted by Gasteiger charge is 2.04. The summed E-state index contributed by atoms with van der Waals surface area (Å²) in [7, 11) is -0.850. The van der Waals surface area contributed by atoms with Crippen LogP contribution in [0.2, 0.25) is 0 Å². The predicted molar refractivity (Wildman–Crippen MR) is 98.1 cm³/mol. The van der Waals surface area contributed by atoms with E-state index in [4.69, 9.17) is 5.26 Å². The Hall–Kier alpha value is -1.99. The molecule has 2 nitrogen and oxygen atoms in total. The average Bonchev–Trinajstić information content (AvgIpc) is 2.55. The van der Waals surface area contributed by atoms with Crippen molar-refractivity contribution in [1.29, 1.82) is 5.26 Å². The van der Waals surface area contributed by atoms with Crippen molar-refractivity contribution in [3.8, 4) is 6.07 Å². The molecule has 0 bridgehead atoms. The normalized spacial score (nSPS) is 11.6. The molecule has 24 heavy (non-hydrogen) atoms. The summed E-state index contributed by atoms with van der Waals surface area (Å²) in [6, 6.07) is 14.5. The van der Waals surface area contributed by atoms with Crippen molar-refractivity contribution in [3.63, 3.8) is 0 Å². The fraction of sp³-hybridized carbons (Fsp3) is 0.350. The van der Waals surface area contributed by atoms with Gasteiger partial charge in [-0.1, -0.05) is 45.9 Å². The molecule has 2 aromatic rings. The van der Waals surface area contributed by atoms with Gasteiger partial charge in [-0.15, -0.1) is 0 Å².